The summed E-state index contributed by atoms with van der Waals surface area (Å²) in [6, 6.07) is 9.72. The lowest BCUT2D eigenvalue weighted by Crippen LogP contribution is -2.11. The van der Waals surface area contributed by atoms with Gasteiger partial charge in [0, 0.05) is 5.02 Å². The third kappa shape index (κ3) is 4.10. The maximum absolute atomic E-state index is 6.08. The maximum Gasteiger partial charge on any atom is 0.130 e. The Kier molecular flexibility index (Phi) is 5.65. The molecule has 0 aliphatic heterocycles. The highest BCUT2D eigenvalue weighted by Crippen LogP contribution is 2.18. The van der Waals surface area contributed by atoms with Crippen LogP contribution in [-0.4, -0.2) is 6.54 Å². The molecule has 0 bridgehead atoms. The number of rotatable bonds is 7. The van der Waals surface area contributed by atoms with Crippen molar-refractivity contribution in [1.29, 1.82) is 0 Å². The monoisotopic (exact) mass is 293 g/mol. The molecule has 3 nitrogen and oxygen atoms in total. The standard InChI is InChI=1S/C16H20ClNO2/c1-3-18-9-16-12(2)8-14(20-16)11-19-10-13-6-4-5-7-15(13)17/h4-8,18H,3,9-11H2,1-2H3. The van der Waals surface area contributed by atoms with Crippen LogP contribution in [0.5, 0.6) is 0 Å². The first kappa shape index (κ1) is 15.1. The molecule has 1 N–H and O–H groups in total. The van der Waals surface area contributed by atoms with E-state index in [9.17, 15) is 0 Å². The minimum absolute atomic E-state index is 0.457. The van der Waals surface area contributed by atoms with Crippen LogP contribution in [0.15, 0.2) is 34.7 Å². The number of furan rings is 1. The summed E-state index contributed by atoms with van der Waals surface area (Å²) in [5.41, 5.74) is 2.15. The Morgan fingerprint density at radius 2 is 2.05 bits per heavy atom. The molecular formula is C16H20ClNO2. The van der Waals surface area contributed by atoms with Crippen LogP contribution in [0.2, 0.25) is 5.02 Å². The van der Waals surface area contributed by atoms with Crippen molar-refractivity contribution in [2.45, 2.75) is 33.6 Å². The Morgan fingerprint density at radius 3 is 2.80 bits per heavy atom. The van der Waals surface area contributed by atoms with Crippen LogP contribution in [0, 0.1) is 6.92 Å². The fourth-order valence-corrected chi connectivity index (χ4v) is 2.14. The summed E-state index contributed by atoms with van der Waals surface area (Å²) in [5, 5.41) is 3.99. The highest BCUT2D eigenvalue weighted by molar-refractivity contribution is 6.31. The highest BCUT2D eigenvalue weighted by Gasteiger charge is 2.07. The van der Waals surface area contributed by atoms with Gasteiger partial charge in [0.25, 0.3) is 0 Å². The second-order valence-electron chi connectivity index (χ2n) is 4.68. The summed E-state index contributed by atoms with van der Waals surface area (Å²) >= 11 is 6.08. The van der Waals surface area contributed by atoms with Crippen LogP contribution in [0.4, 0.5) is 0 Å². The van der Waals surface area contributed by atoms with Gasteiger partial charge in [0.15, 0.2) is 0 Å². The van der Waals surface area contributed by atoms with Crippen LogP contribution in [0.3, 0.4) is 0 Å². The Morgan fingerprint density at radius 1 is 1.25 bits per heavy atom. The van der Waals surface area contributed by atoms with Crippen molar-refractivity contribution in [3.8, 4) is 0 Å². The molecule has 0 atom stereocenters. The fourth-order valence-electron chi connectivity index (χ4n) is 1.95. The summed E-state index contributed by atoms with van der Waals surface area (Å²) < 4.78 is 11.4. The zero-order chi connectivity index (χ0) is 14.4. The highest BCUT2D eigenvalue weighted by atomic mass is 35.5. The van der Waals surface area contributed by atoms with Crippen LogP contribution >= 0.6 is 11.6 Å². The van der Waals surface area contributed by atoms with Crippen LogP contribution in [-0.2, 0) is 24.5 Å². The minimum atomic E-state index is 0.457. The van der Waals surface area contributed by atoms with Gasteiger partial charge in [-0.2, -0.15) is 0 Å². The Balaban J connectivity index is 1.87. The SMILES string of the molecule is CCNCc1oc(COCc2ccccc2Cl)cc1C. The van der Waals surface area contributed by atoms with Gasteiger partial charge in [-0.3, -0.25) is 0 Å². The number of hydrogen-bond acceptors (Lipinski definition) is 3. The molecule has 1 heterocycles. The van der Waals surface area contributed by atoms with Crippen LogP contribution < -0.4 is 5.32 Å². The zero-order valence-corrected chi connectivity index (χ0v) is 12.7. The molecule has 1 aromatic carbocycles. The van der Waals surface area contributed by atoms with Gasteiger partial charge in [-0.25, -0.2) is 0 Å². The molecular weight excluding hydrogens is 274 g/mol. The molecule has 4 heteroatoms. The van der Waals surface area contributed by atoms with E-state index in [2.05, 4.69) is 12.2 Å². The molecule has 2 rings (SSSR count). The lowest BCUT2D eigenvalue weighted by atomic mass is 10.2. The quantitative estimate of drug-likeness (QED) is 0.836. The van der Waals surface area contributed by atoms with E-state index >= 15 is 0 Å². The second-order valence-corrected chi connectivity index (χ2v) is 5.09. The zero-order valence-electron chi connectivity index (χ0n) is 11.9. The molecule has 0 aliphatic rings. The normalized spacial score (nSPS) is 10.9. The number of benzene rings is 1. The molecule has 0 saturated carbocycles. The van der Waals surface area contributed by atoms with Crippen molar-refractivity contribution >= 4 is 11.6 Å². The molecule has 0 spiro atoms. The third-order valence-corrected chi connectivity index (χ3v) is 3.44. The van der Waals surface area contributed by atoms with Gasteiger partial charge in [0.2, 0.25) is 0 Å². The van der Waals surface area contributed by atoms with Crippen molar-refractivity contribution in [2.24, 2.45) is 0 Å². The molecule has 108 valence electrons. The summed E-state index contributed by atoms with van der Waals surface area (Å²) in [6.45, 7) is 6.76. The Labute approximate surface area is 124 Å². The van der Waals surface area contributed by atoms with E-state index in [0.717, 1.165) is 40.8 Å². The van der Waals surface area contributed by atoms with E-state index in [1.165, 1.54) is 0 Å². The second kappa shape index (κ2) is 7.48. The molecule has 0 fully saturated rings. The molecule has 0 aliphatic carbocycles. The van der Waals surface area contributed by atoms with Crippen molar-refractivity contribution < 1.29 is 9.15 Å². The topological polar surface area (TPSA) is 34.4 Å². The van der Waals surface area contributed by atoms with Gasteiger partial charge in [-0.15, -0.1) is 0 Å². The van der Waals surface area contributed by atoms with Gasteiger partial charge < -0.3 is 14.5 Å². The molecule has 2 aromatic rings. The van der Waals surface area contributed by atoms with E-state index in [0.29, 0.717) is 13.2 Å². The van der Waals surface area contributed by atoms with Gasteiger partial charge in [0.05, 0.1) is 13.2 Å². The van der Waals surface area contributed by atoms with Crippen molar-refractivity contribution in [3.05, 3.63) is 58.0 Å². The van der Waals surface area contributed by atoms with Crippen LogP contribution in [0.1, 0.15) is 29.6 Å². The van der Waals surface area contributed by atoms with Crippen molar-refractivity contribution in [1.82, 2.24) is 5.32 Å². The predicted molar refractivity (Wildman–Crippen MR) is 80.8 cm³/mol. The third-order valence-electron chi connectivity index (χ3n) is 3.07. The number of aryl methyl sites for hydroxylation is 1. The Bertz CT molecular complexity index is 551. The Hall–Kier alpha value is -1.29. The lowest BCUT2D eigenvalue weighted by Gasteiger charge is -2.04. The largest absolute Gasteiger partial charge is 0.462 e. The van der Waals surface area contributed by atoms with Gasteiger partial charge in [-0.05, 0) is 36.7 Å². The number of hydrogen-bond donors (Lipinski definition) is 1. The van der Waals surface area contributed by atoms with E-state index in [4.69, 9.17) is 20.8 Å². The number of nitrogens with one attached hydrogen (secondary N) is 1. The smallest absolute Gasteiger partial charge is 0.130 e. The molecule has 0 saturated heterocycles. The van der Waals surface area contributed by atoms with Gasteiger partial charge >= 0.3 is 0 Å². The fraction of sp³-hybridized carbons (Fsp3) is 0.375. The first-order valence-electron chi connectivity index (χ1n) is 6.80. The summed E-state index contributed by atoms with van der Waals surface area (Å²) in [7, 11) is 0. The minimum Gasteiger partial charge on any atom is -0.462 e. The van der Waals surface area contributed by atoms with Crippen LogP contribution in [0.25, 0.3) is 0 Å². The van der Waals surface area contributed by atoms with E-state index in [1.807, 2.05) is 37.3 Å². The molecule has 0 unspecified atom stereocenters. The molecule has 20 heavy (non-hydrogen) atoms. The first-order chi connectivity index (χ1) is 9.70. The van der Waals surface area contributed by atoms with Crippen molar-refractivity contribution in [3.63, 3.8) is 0 Å². The average Bonchev–Trinajstić information content (AvgIpc) is 2.79. The average molecular weight is 294 g/mol. The first-order valence-corrected chi connectivity index (χ1v) is 7.18. The number of halogens is 1. The maximum atomic E-state index is 6.08. The van der Waals surface area contributed by atoms with E-state index in [1.54, 1.807) is 0 Å². The lowest BCUT2D eigenvalue weighted by molar-refractivity contribution is 0.0920. The van der Waals surface area contributed by atoms with Crippen molar-refractivity contribution in [2.75, 3.05) is 6.54 Å². The predicted octanol–water partition coefficient (Wildman–Crippen LogP) is 4.07. The molecule has 0 amide bonds. The summed E-state index contributed by atoms with van der Waals surface area (Å²) in [5.74, 6) is 1.82. The van der Waals surface area contributed by atoms with Gasteiger partial charge in [0.1, 0.15) is 18.1 Å². The number of ether oxygens (including phenoxy) is 1. The van der Waals surface area contributed by atoms with Gasteiger partial charge in [-0.1, -0.05) is 36.7 Å². The summed E-state index contributed by atoms with van der Waals surface area (Å²) in [6.07, 6.45) is 0. The summed E-state index contributed by atoms with van der Waals surface area (Å²) in [4.78, 5) is 0. The van der Waals surface area contributed by atoms with E-state index in [-0.39, 0.29) is 0 Å². The molecule has 1 aromatic heterocycles. The van der Waals surface area contributed by atoms with E-state index < -0.39 is 0 Å². The molecule has 0 radical (unpaired) electrons.